The number of para-hydroxylation sites is 1. The first-order chi connectivity index (χ1) is 16.1. The highest BCUT2D eigenvalue weighted by molar-refractivity contribution is 6.11. The number of rotatable bonds is 6. The maximum absolute atomic E-state index is 13.7. The fraction of sp³-hybridized carbons (Fsp3) is 0.393. The molecule has 0 aliphatic heterocycles. The van der Waals surface area contributed by atoms with Gasteiger partial charge in [0.05, 0.1) is 5.92 Å². The largest absolute Gasteiger partial charge is 0.449 e. The Bertz CT molecular complexity index is 1180. The molecule has 0 spiro atoms. The summed E-state index contributed by atoms with van der Waals surface area (Å²) in [6.07, 6.45) is 5.40. The van der Waals surface area contributed by atoms with E-state index in [9.17, 15) is 14.4 Å². The van der Waals surface area contributed by atoms with Crippen LogP contribution in [-0.4, -0.2) is 22.5 Å². The average molecular weight is 444 g/mol. The first-order valence-electron chi connectivity index (χ1n) is 12.0. The van der Waals surface area contributed by atoms with E-state index in [2.05, 4.69) is 11.9 Å². The van der Waals surface area contributed by atoms with E-state index in [0.717, 1.165) is 42.1 Å². The van der Waals surface area contributed by atoms with E-state index in [4.69, 9.17) is 4.74 Å². The molecular formula is C28H29NO4. The van der Waals surface area contributed by atoms with Gasteiger partial charge < -0.3 is 9.72 Å². The van der Waals surface area contributed by atoms with Crippen LogP contribution in [0.1, 0.15) is 66.6 Å². The van der Waals surface area contributed by atoms with Crippen LogP contribution in [0, 0.1) is 17.8 Å². The first kappa shape index (κ1) is 21.6. The normalized spacial score (nSPS) is 23.3. The Morgan fingerprint density at radius 3 is 2.45 bits per heavy atom. The van der Waals surface area contributed by atoms with Crippen LogP contribution in [0.25, 0.3) is 10.9 Å². The predicted octanol–water partition coefficient (Wildman–Crippen LogP) is 5.59. The second-order valence-electron chi connectivity index (χ2n) is 9.38. The maximum Gasteiger partial charge on any atom is 0.310 e. The van der Waals surface area contributed by atoms with Gasteiger partial charge in [-0.1, -0.05) is 61.9 Å². The van der Waals surface area contributed by atoms with Gasteiger partial charge in [-0.25, -0.2) is 0 Å². The Morgan fingerprint density at radius 2 is 1.76 bits per heavy atom. The lowest BCUT2D eigenvalue weighted by Crippen LogP contribution is -2.40. The highest BCUT2D eigenvalue weighted by Gasteiger charge is 2.43. The fourth-order valence-electron chi connectivity index (χ4n) is 5.64. The number of esters is 1. The van der Waals surface area contributed by atoms with E-state index in [-0.39, 0.29) is 29.5 Å². The van der Waals surface area contributed by atoms with Crippen molar-refractivity contribution in [1.29, 1.82) is 0 Å². The molecule has 170 valence electrons. The van der Waals surface area contributed by atoms with Crippen molar-refractivity contribution >= 4 is 28.4 Å². The second kappa shape index (κ2) is 8.97. The summed E-state index contributed by atoms with van der Waals surface area (Å²) < 4.78 is 5.95. The number of carbonyl (C=O) groups is 3. The number of aromatic amines is 1. The van der Waals surface area contributed by atoms with E-state index < -0.39 is 6.10 Å². The third kappa shape index (κ3) is 4.01. The van der Waals surface area contributed by atoms with Crippen LogP contribution in [0.4, 0.5) is 0 Å². The van der Waals surface area contributed by atoms with Crippen molar-refractivity contribution < 1.29 is 19.1 Å². The summed E-state index contributed by atoms with van der Waals surface area (Å²) in [5.74, 6) is -0.695. The summed E-state index contributed by atoms with van der Waals surface area (Å²) in [6, 6.07) is 15.1. The lowest BCUT2D eigenvalue weighted by atomic mass is 9.67. The van der Waals surface area contributed by atoms with Crippen molar-refractivity contribution in [3.63, 3.8) is 0 Å². The molecule has 5 heteroatoms. The molecule has 2 aliphatic carbocycles. The molecule has 3 aromatic rings. The second-order valence-corrected chi connectivity index (χ2v) is 9.38. The number of hydrogen-bond donors (Lipinski definition) is 1. The van der Waals surface area contributed by atoms with E-state index in [0.29, 0.717) is 29.8 Å². The minimum absolute atomic E-state index is 0.0398. The Morgan fingerprint density at radius 1 is 1.03 bits per heavy atom. The summed E-state index contributed by atoms with van der Waals surface area (Å²) in [5, 5.41) is 0.842. The minimum Gasteiger partial charge on any atom is -0.449 e. The van der Waals surface area contributed by atoms with Crippen LogP contribution in [0.3, 0.4) is 0 Å². The molecule has 5 nitrogen and oxygen atoms in total. The molecule has 3 unspecified atom stereocenters. The lowest BCUT2D eigenvalue weighted by Gasteiger charge is -2.36. The van der Waals surface area contributed by atoms with Gasteiger partial charge in [-0.15, -0.1) is 0 Å². The minimum atomic E-state index is -1.01. The summed E-state index contributed by atoms with van der Waals surface area (Å²) >= 11 is 0. The van der Waals surface area contributed by atoms with Crippen LogP contribution in [0.15, 0.2) is 54.7 Å². The van der Waals surface area contributed by atoms with Crippen LogP contribution in [-0.2, 0) is 20.7 Å². The van der Waals surface area contributed by atoms with Crippen molar-refractivity contribution in [3.8, 4) is 0 Å². The zero-order chi connectivity index (χ0) is 22.9. The van der Waals surface area contributed by atoms with Gasteiger partial charge in [0.25, 0.3) is 0 Å². The number of Topliss-reactive ketones (excluding diaryl/α,β-unsaturated/α-hetero) is 2. The van der Waals surface area contributed by atoms with Gasteiger partial charge in [-0.3, -0.25) is 14.4 Å². The summed E-state index contributed by atoms with van der Waals surface area (Å²) in [5.41, 5.74) is 3.26. The number of nitrogens with one attached hydrogen (secondary N) is 1. The zero-order valence-corrected chi connectivity index (χ0v) is 18.9. The van der Waals surface area contributed by atoms with E-state index in [1.165, 1.54) is 0 Å². The molecule has 3 atom stereocenters. The fourth-order valence-corrected chi connectivity index (χ4v) is 5.64. The highest BCUT2D eigenvalue weighted by Crippen LogP contribution is 2.41. The Labute approximate surface area is 193 Å². The van der Waals surface area contributed by atoms with E-state index in [1.54, 1.807) is 6.20 Å². The lowest BCUT2D eigenvalue weighted by molar-refractivity contribution is -0.156. The maximum atomic E-state index is 13.7. The van der Waals surface area contributed by atoms with Gasteiger partial charge >= 0.3 is 5.97 Å². The van der Waals surface area contributed by atoms with Crippen molar-refractivity contribution in [2.75, 3.05) is 0 Å². The first-order valence-corrected chi connectivity index (χ1v) is 12.0. The van der Waals surface area contributed by atoms with Crippen LogP contribution in [0.5, 0.6) is 0 Å². The standard InChI is InChI=1S/C28H29NO4/c1-2-17-10-7-13-22-23(16-29-24(17)22)26(31)27(18-8-4-3-5-9-18)33-28(32)21-14-19-11-6-12-20(15-21)25(19)30/h3-5,7-10,13,16,19-21,27,29H,2,6,11-12,14-15H2,1H3. The van der Waals surface area contributed by atoms with E-state index >= 15 is 0 Å². The molecule has 2 aliphatic rings. The smallest absolute Gasteiger partial charge is 0.310 e. The molecule has 2 fully saturated rings. The van der Waals surface area contributed by atoms with Gasteiger partial charge in [-0.2, -0.15) is 0 Å². The van der Waals surface area contributed by atoms with Gasteiger partial charge in [0, 0.05) is 40.1 Å². The molecule has 2 saturated carbocycles. The predicted molar refractivity (Wildman–Crippen MR) is 126 cm³/mol. The third-order valence-corrected chi connectivity index (χ3v) is 7.40. The van der Waals surface area contributed by atoms with E-state index in [1.807, 2.05) is 48.5 Å². The van der Waals surface area contributed by atoms with Crippen LogP contribution >= 0.6 is 0 Å². The number of ether oxygens (including phenoxy) is 1. The molecule has 2 bridgehead atoms. The van der Waals surface area contributed by atoms with Crippen molar-refractivity contribution in [2.24, 2.45) is 17.8 Å². The molecule has 5 rings (SSSR count). The number of H-pyrrole nitrogens is 1. The van der Waals surface area contributed by atoms with Crippen LogP contribution in [0.2, 0.25) is 0 Å². The van der Waals surface area contributed by atoms with Crippen LogP contribution < -0.4 is 0 Å². The molecular weight excluding hydrogens is 414 g/mol. The topological polar surface area (TPSA) is 76.2 Å². The average Bonchev–Trinajstić information content (AvgIpc) is 3.27. The zero-order valence-electron chi connectivity index (χ0n) is 18.9. The number of hydrogen-bond acceptors (Lipinski definition) is 4. The molecule has 2 aromatic carbocycles. The Hall–Kier alpha value is -3.21. The molecule has 0 amide bonds. The van der Waals surface area contributed by atoms with Crippen molar-refractivity contribution in [2.45, 2.75) is 51.6 Å². The molecule has 1 N–H and O–H groups in total. The number of ketones is 2. The number of aryl methyl sites for hydroxylation is 1. The van der Waals surface area contributed by atoms with Crippen molar-refractivity contribution in [3.05, 3.63) is 71.4 Å². The highest BCUT2D eigenvalue weighted by atomic mass is 16.5. The molecule has 1 heterocycles. The quantitative estimate of drug-likeness (QED) is 0.398. The Kier molecular flexibility index (Phi) is 5.88. The molecule has 33 heavy (non-hydrogen) atoms. The third-order valence-electron chi connectivity index (χ3n) is 7.40. The number of carbonyl (C=O) groups excluding carboxylic acids is 3. The number of aromatic nitrogens is 1. The summed E-state index contributed by atoms with van der Waals surface area (Å²) in [6.45, 7) is 2.08. The van der Waals surface area contributed by atoms with Crippen molar-refractivity contribution in [1.82, 2.24) is 4.98 Å². The van der Waals surface area contributed by atoms with Gasteiger partial charge in [0.1, 0.15) is 5.78 Å². The van der Waals surface area contributed by atoms with Gasteiger partial charge in [0.2, 0.25) is 5.78 Å². The molecule has 0 saturated heterocycles. The SMILES string of the molecule is CCc1cccc2c(C(=O)C(OC(=O)C3CC4CCCC(C3)C4=O)c3ccccc3)c[nH]c12. The van der Waals surface area contributed by atoms with Gasteiger partial charge in [-0.05, 0) is 37.7 Å². The molecule has 1 aromatic heterocycles. The number of fused-ring (bicyclic) bond motifs is 3. The summed E-state index contributed by atoms with van der Waals surface area (Å²) in [4.78, 5) is 42.7. The summed E-state index contributed by atoms with van der Waals surface area (Å²) in [7, 11) is 0. The molecule has 0 radical (unpaired) electrons. The number of benzene rings is 2. The Balaban J connectivity index is 1.44. The monoisotopic (exact) mass is 443 g/mol. The van der Waals surface area contributed by atoms with Gasteiger partial charge in [0.15, 0.2) is 6.10 Å².